The van der Waals surface area contributed by atoms with Crippen molar-refractivity contribution < 1.29 is 18.4 Å². The lowest BCUT2D eigenvalue weighted by atomic mass is 9.87. The Morgan fingerprint density at radius 1 is 1.19 bits per heavy atom. The summed E-state index contributed by atoms with van der Waals surface area (Å²) in [5.74, 6) is -0.414. The molecule has 27 heavy (non-hydrogen) atoms. The van der Waals surface area contributed by atoms with Crippen molar-refractivity contribution in [3.05, 3.63) is 53.3 Å². The molecule has 1 unspecified atom stereocenters. The molecule has 1 aromatic heterocycles. The highest BCUT2D eigenvalue weighted by molar-refractivity contribution is 5.91. The molecule has 2 amide bonds. The van der Waals surface area contributed by atoms with Crippen LogP contribution in [-0.2, 0) is 9.59 Å². The van der Waals surface area contributed by atoms with E-state index in [4.69, 9.17) is 0 Å². The number of nitrogens with one attached hydrogen (secondary N) is 2. The van der Waals surface area contributed by atoms with Gasteiger partial charge in [-0.25, -0.2) is 8.78 Å². The van der Waals surface area contributed by atoms with Crippen molar-refractivity contribution in [1.29, 1.82) is 0 Å². The Balaban J connectivity index is 1.60. The normalized spacial score (nSPS) is 25.2. The van der Waals surface area contributed by atoms with Gasteiger partial charge in [-0.1, -0.05) is 30.3 Å². The van der Waals surface area contributed by atoms with E-state index in [0.29, 0.717) is 31.6 Å². The largest absolute Gasteiger partial charge is 0.344 e. The number of aromatic nitrogens is 2. The lowest BCUT2D eigenvalue weighted by molar-refractivity contribution is -0.133. The fourth-order valence-corrected chi connectivity index (χ4v) is 4.01. The molecule has 0 saturated carbocycles. The number of hydrogen-bond donors (Lipinski definition) is 2. The van der Waals surface area contributed by atoms with Crippen LogP contribution in [0, 0.1) is 0 Å². The maximum Gasteiger partial charge on any atom is 0.282 e. The van der Waals surface area contributed by atoms with Crippen molar-refractivity contribution in [2.24, 2.45) is 0 Å². The van der Waals surface area contributed by atoms with Crippen LogP contribution in [0.15, 0.2) is 36.4 Å². The Hall–Kier alpha value is -2.77. The van der Waals surface area contributed by atoms with Gasteiger partial charge in [0, 0.05) is 37.0 Å². The highest BCUT2D eigenvalue weighted by Crippen LogP contribution is 2.40. The van der Waals surface area contributed by atoms with Crippen LogP contribution in [0.5, 0.6) is 0 Å². The van der Waals surface area contributed by atoms with Gasteiger partial charge < -0.3 is 10.2 Å². The molecular weight excluding hydrogens is 354 g/mol. The monoisotopic (exact) mass is 374 g/mol. The molecule has 0 bridgehead atoms. The van der Waals surface area contributed by atoms with Crippen LogP contribution in [0.25, 0.3) is 0 Å². The number of amides is 2. The summed E-state index contributed by atoms with van der Waals surface area (Å²) in [6, 6.07) is 10.6. The summed E-state index contributed by atoms with van der Waals surface area (Å²) in [5.41, 5.74) is 1.36. The zero-order chi connectivity index (χ0) is 19.0. The van der Waals surface area contributed by atoms with Crippen LogP contribution < -0.4 is 5.32 Å². The summed E-state index contributed by atoms with van der Waals surface area (Å²) in [4.78, 5) is 26.0. The van der Waals surface area contributed by atoms with Crippen LogP contribution in [0.1, 0.15) is 48.1 Å². The molecule has 2 aliphatic rings. The third kappa shape index (κ3) is 3.43. The molecule has 8 heteroatoms. The fraction of sp³-hybridized carbons (Fsp3) is 0.421. The topological polar surface area (TPSA) is 78.1 Å². The van der Waals surface area contributed by atoms with Crippen molar-refractivity contribution in [3.63, 3.8) is 0 Å². The van der Waals surface area contributed by atoms with Gasteiger partial charge in [-0.15, -0.1) is 0 Å². The van der Waals surface area contributed by atoms with Crippen molar-refractivity contribution in [2.75, 3.05) is 13.1 Å². The van der Waals surface area contributed by atoms with E-state index in [-0.39, 0.29) is 29.3 Å². The first-order chi connectivity index (χ1) is 13.0. The van der Waals surface area contributed by atoms with E-state index in [1.807, 2.05) is 30.3 Å². The van der Waals surface area contributed by atoms with Gasteiger partial charge >= 0.3 is 0 Å². The predicted molar refractivity (Wildman–Crippen MR) is 93.2 cm³/mol. The lowest BCUT2D eigenvalue weighted by Gasteiger charge is -2.20. The smallest absolute Gasteiger partial charge is 0.282 e. The fourth-order valence-electron chi connectivity index (χ4n) is 4.01. The minimum atomic E-state index is -2.64. The molecule has 2 N–H and O–H groups in total. The molecule has 0 aliphatic carbocycles. The van der Waals surface area contributed by atoms with Gasteiger partial charge in [0.2, 0.25) is 11.8 Å². The summed E-state index contributed by atoms with van der Waals surface area (Å²) in [6.45, 7) is 0.874. The van der Waals surface area contributed by atoms with Crippen LogP contribution in [0.2, 0.25) is 0 Å². The van der Waals surface area contributed by atoms with Crippen LogP contribution >= 0.6 is 0 Å². The van der Waals surface area contributed by atoms with Crippen LogP contribution in [0.4, 0.5) is 8.78 Å². The number of carbonyl (C=O) groups excluding carboxylic acids is 2. The summed E-state index contributed by atoms with van der Waals surface area (Å²) in [6.07, 6.45) is -1.79. The predicted octanol–water partition coefficient (Wildman–Crippen LogP) is 2.34. The Morgan fingerprint density at radius 2 is 1.93 bits per heavy atom. The standard InChI is InChI=1S/C19H20F2N4O2/c20-18(21)16-8-15(23-24-16)13-10-25(19(27)14-6-7-17(26)22-14)9-12(13)11-4-2-1-3-5-11/h1-5,8,12-14,18H,6-7,9-10H2,(H,22,26)(H,23,24)/t12-,13+,14?/m1/s1. The third-order valence-corrected chi connectivity index (χ3v) is 5.39. The first kappa shape index (κ1) is 17.6. The van der Waals surface area contributed by atoms with Crippen molar-refractivity contribution in [3.8, 4) is 0 Å². The van der Waals surface area contributed by atoms with Crippen molar-refractivity contribution in [2.45, 2.75) is 37.1 Å². The third-order valence-electron chi connectivity index (χ3n) is 5.39. The van der Waals surface area contributed by atoms with E-state index >= 15 is 0 Å². The minimum absolute atomic E-state index is 0.0294. The first-order valence-corrected chi connectivity index (χ1v) is 8.99. The quantitative estimate of drug-likeness (QED) is 0.862. The maximum absolute atomic E-state index is 12.9. The van der Waals surface area contributed by atoms with Crippen molar-refractivity contribution >= 4 is 11.8 Å². The molecule has 0 spiro atoms. The number of H-pyrrole nitrogens is 1. The molecular formula is C19H20F2N4O2. The second kappa shape index (κ2) is 7.09. The van der Waals surface area contributed by atoms with E-state index < -0.39 is 12.5 Å². The highest BCUT2D eigenvalue weighted by atomic mass is 19.3. The Bertz CT molecular complexity index is 839. The molecule has 1 aromatic carbocycles. The summed E-state index contributed by atoms with van der Waals surface area (Å²) < 4.78 is 25.9. The average molecular weight is 374 g/mol. The summed E-state index contributed by atoms with van der Waals surface area (Å²) in [5, 5.41) is 9.15. The number of nitrogens with zero attached hydrogens (tertiary/aromatic N) is 2. The zero-order valence-electron chi connectivity index (χ0n) is 14.6. The minimum Gasteiger partial charge on any atom is -0.344 e. The molecule has 2 saturated heterocycles. The second-order valence-corrected chi connectivity index (χ2v) is 7.07. The number of halogens is 2. The molecule has 3 heterocycles. The van der Waals surface area contributed by atoms with E-state index in [1.54, 1.807) is 4.90 Å². The lowest BCUT2D eigenvalue weighted by Crippen LogP contribution is -2.43. The van der Waals surface area contributed by atoms with Crippen LogP contribution in [0.3, 0.4) is 0 Å². The van der Waals surface area contributed by atoms with E-state index in [0.717, 1.165) is 5.56 Å². The molecule has 0 radical (unpaired) electrons. The molecule has 6 nitrogen and oxygen atoms in total. The number of likely N-dealkylation sites (tertiary alicyclic amines) is 1. The molecule has 2 fully saturated rings. The van der Waals surface area contributed by atoms with E-state index in [9.17, 15) is 18.4 Å². The van der Waals surface area contributed by atoms with Gasteiger partial charge in [0.15, 0.2) is 0 Å². The summed E-state index contributed by atoms with van der Waals surface area (Å²) in [7, 11) is 0. The number of rotatable bonds is 4. The van der Waals surface area contributed by atoms with E-state index in [1.165, 1.54) is 6.07 Å². The SMILES string of the molecule is O=C1CCC(C(=O)N2C[C@H](c3ccccc3)[C@@H](c3cc(C(F)F)n[nH]3)C2)N1. The number of hydrogen-bond acceptors (Lipinski definition) is 3. The number of benzene rings is 1. The highest BCUT2D eigenvalue weighted by Gasteiger charge is 2.41. The van der Waals surface area contributed by atoms with Gasteiger partial charge in [-0.05, 0) is 18.1 Å². The summed E-state index contributed by atoms with van der Waals surface area (Å²) >= 11 is 0. The van der Waals surface area contributed by atoms with Gasteiger partial charge in [0.25, 0.3) is 6.43 Å². The zero-order valence-corrected chi connectivity index (χ0v) is 14.6. The molecule has 2 aromatic rings. The molecule has 142 valence electrons. The Morgan fingerprint density at radius 3 is 2.56 bits per heavy atom. The maximum atomic E-state index is 12.9. The second-order valence-electron chi connectivity index (χ2n) is 7.07. The van der Waals surface area contributed by atoms with E-state index in [2.05, 4.69) is 15.5 Å². The van der Waals surface area contributed by atoms with Gasteiger partial charge in [-0.3, -0.25) is 14.7 Å². The van der Waals surface area contributed by atoms with Gasteiger partial charge in [-0.2, -0.15) is 5.10 Å². The Kier molecular flexibility index (Phi) is 4.63. The molecule has 2 aliphatic heterocycles. The number of carbonyl (C=O) groups is 2. The van der Waals surface area contributed by atoms with Crippen LogP contribution in [-0.4, -0.2) is 46.0 Å². The van der Waals surface area contributed by atoms with Gasteiger partial charge in [0.05, 0.1) is 0 Å². The average Bonchev–Trinajstić information content (AvgIpc) is 3.40. The number of aromatic amines is 1. The van der Waals surface area contributed by atoms with Gasteiger partial charge in [0.1, 0.15) is 11.7 Å². The molecule has 3 atom stereocenters. The number of alkyl halides is 2. The first-order valence-electron chi connectivity index (χ1n) is 8.99. The van der Waals surface area contributed by atoms with Crippen molar-refractivity contribution in [1.82, 2.24) is 20.4 Å². The Labute approximate surface area is 154 Å². The molecule has 4 rings (SSSR count).